The second kappa shape index (κ2) is 5.73. The maximum atomic E-state index is 12.2. The van der Waals surface area contributed by atoms with Crippen LogP contribution in [-0.2, 0) is 16.0 Å². The van der Waals surface area contributed by atoms with Gasteiger partial charge in [0.25, 0.3) is 5.91 Å². The van der Waals surface area contributed by atoms with E-state index >= 15 is 0 Å². The lowest BCUT2D eigenvalue weighted by atomic mass is 9.98. The first-order valence-corrected chi connectivity index (χ1v) is 6.38. The van der Waals surface area contributed by atoms with E-state index in [-0.39, 0.29) is 24.0 Å². The van der Waals surface area contributed by atoms with Crippen LogP contribution in [0.3, 0.4) is 0 Å². The minimum atomic E-state index is -0.285. The molecule has 5 heteroatoms. The van der Waals surface area contributed by atoms with E-state index in [1.807, 2.05) is 0 Å². The van der Waals surface area contributed by atoms with Crippen LogP contribution < -0.4 is 0 Å². The average Bonchev–Trinajstić information content (AvgIpc) is 2.38. The van der Waals surface area contributed by atoms with Gasteiger partial charge in [0.2, 0.25) is 0 Å². The molecule has 0 saturated heterocycles. The molecule has 0 saturated carbocycles. The van der Waals surface area contributed by atoms with E-state index in [0.29, 0.717) is 31.7 Å². The van der Waals surface area contributed by atoms with Crippen LogP contribution in [0.2, 0.25) is 0 Å². The monoisotopic (exact) mass is 263 g/mol. The number of fused-ring (bicyclic) bond motifs is 1. The second-order valence-corrected chi connectivity index (χ2v) is 4.44. The Labute approximate surface area is 111 Å². The van der Waals surface area contributed by atoms with E-state index < -0.39 is 0 Å². The molecule has 0 spiro atoms. The number of hydrogen-bond acceptors (Lipinski definition) is 4. The molecule has 0 fully saturated rings. The van der Waals surface area contributed by atoms with Crippen molar-refractivity contribution in [1.82, 2.24) is 4.90 Å². The molecule has 102 valence electrons. The number of esters is 1. The number of nitrogens with zero attached hydrogens (tertiary/aromatic N) is 1. The number of benzene rings is 1. The minimum absolute atomic E-state index is 0.0921. The lowest BCUT2D eigenvalue weighted by molar-refractivity contribution is -0.143. The highest BCUT2D eigenvalue weighted by Gasteiger charge is 2.24. The molecule has 0 atom stereocenters. The second-order valence-electron chi connectivity index (χ2n) is 4.44. The van der Waals surface area contributed by atoms with Crippen molar-refractivity contribution < 1.29 is 19.4 Å². The molecule has 0 unspecified atom stereocenters. The maximum Gasteiger partial charge on any atom is 0.307 e. The first-order chi connectivity index (χ1) is 9.11. The summed E-state index contributed by atoms with van der Waals surface area (Å²) in [7, 11) is 0. The van der Waals surface area contributed by atoms with Gasteiger partial charge in [-0.2, -0.15) is 0 Å². The van der Waals surface area contributed by atoms with Gasteiger partial charge in [-0.05, 0) is 37.1 Å². The molecule has 1 aliphatic rings. The molecule has 0 bridgehead atoms. The Hall–Kier alpha value is -2.04. The van der Waals surface area contributed by atoms with Crippen LogP contribution in [0.4, 0.5) is 0 Å². The van der Waals surface area contributed by atoms with Gasteiger partial charge >= 0.3 is 5.97 Å². The molecule has 1 heterocycles. The molecule has 2 rings (SSSR count). The Bertz CT molecular complexity index is 498. The summed E-state index contributed by atoms with van der Waals surface area (Å²) >= 11 is 0. The molecule has 0 aliphatic carbocycles. The first kappa shape index (κ1) is 13.4. The number of rotatable bonds is 4. The normalized spacial score (nSPS) is 14.2. The van der Waals surface area contributed by atoms with Crippen molar-refractivity contribution in [3.05, 3.63) is 29.3 Å². The van der Waals surface area contributed by atoms with Crippen molar-refractivity contribution in [2.45, 2.75) is 19.8 Å². The van der Waals surface area contributed by atoms with Crippen LogP contribution in [0, 0.1) is 0 Å². The van der Waals surface area contributed by atoms with E-state index in [1.54, 1.807) is 24.0 Å². The third kappa shape index (κ3) is 3.05. The predicted octanol–water partition coefficient (Wildman–Crippen LogP) is 1.34. The zero-order valence-electron chi connectivity index (χ0n) is 10.9. The fourth-order valence-electron chi connectivity index (χ4n) is 2.20. The average molecular weight is 263 g/mol. The predicted molar refractivity (Wildman–Crippen MR) is 69.0 cm³/mol. The summed E-state index contributed by atoms with van der Waals surface area (Å²) in [6.07, 6.45) is 0.908. The Morgan fingerprint density at radius 2 is 2.26 bits per heavy atom. The zero-order valence-corrected chi connectivity index (χ0v) is 10.9. The molecule has 19 heavy (non-hydrogen) atoms. The Morgan fingerprint density at radius 1 is 1.47 bits per heavy atom. The number of phenols is 1. The molecule has 1 aliphatic heterocycles. The number of amides is 1. The number of carbonyl (C=O) groups is 2. The fourth-order valence-corrected chi connectivity index (χ4v) is 2.20. The maximum absolute atomic E-state index is 12.2. The zero-order chi connectivity index (χ0) is 13.8. The largest absolute Gasteiger partial charge is 0.508 e. The number of ether oxygens (including phenoxy) is 1. The van der Waals surface area contributed by atoms with Crippen molar-refractivity contribution in [1.29, 1.82) is 0 Å². The Morgan fingerprint density at radius 3 is 3.00 bits per heavy atom. The van der Waals surface area contributed by atoms with E-state index in [1.165, 1.54) is 6.07 Å². The van der Waals surface area contributed by atoms with E-state index in [0.717, 1.165) is 5.56 Å². The van der Waals surface area contributed by atoms with Gasteiger partial charge in [-0.15, -0.1) is 0 Å². The highest BCUT2D eigenvalue weighted by Crippen LogP contribution is 2.23. The van der Waals surface area contributed by atoms with Gasteiger partial charge in [0.15, 0.2) is 0 Å². The van der Waals surface area contributed by atoms with Gasteiger partial charge < -0.3 is 14.7 Å². The highest BCUT2D eigenvalue weighted by atomic mass is 16.5. The van der Waals surface area contributed by atoms with Crippen molar-refractivity contribution in [2.24, 2.45) is 0 Å². The SMILES string of the molecule is CCOC(=O)CCN1CCc2cc(O)ccc2C1=O. The molecule has 1 aromatic rings. The summed E-state index contributed by atoms with van der Waals surface area (Å²) < 4.78 is 4.84. The smallest absolute Gasteiger partial charge is 0.307 e. The summed E-state index contributed by atoms with van der Waals surface area (Å²) in [4.78, 5) is 25.1. The molecule has 5 nitrogen and oxygen atoms in total. The summed E-state index contributed by atoms with van der Waals surface area (Å²) in [5.41, 5.74) is 1.46. The van der Waals surface area contributed by atoms with Crippen molar-refractivity contribution in [2.75, 3.05) is 19.7 Å². The van der Waals surface area contributed by atoms with Crippen molar-refractivity contribution in [3.8, 4) is 5.75 Å². The molecule has 1 aromatic carbocycles. The lowest BCUT2D eigenvalue weighted by Gasteiger charge is -2.28. The number of phenolic OH excluding ortho intramolecular Hbond substituents is 1. The standard InChI is InChI=1S/C14H17NO4/c1-2-19-13(17)6-8-15-7-5-10-9-11(16)3-4-12(10)14(15)18/h3-4,9,16H,2,5-8H2,1H3. The number of carbonyl (C=O) groups excluding carboxylic acids is 2. The number of hydrogen-bond donors (Lipinski definition) is 1. The Kier molecular flexibility index (Phi) is 4.04. The molecular formula is C14H17NO4. The van der Waals surface area contributed by atoms with Crippen LogP contribution in [0.5, 0.6) is 5.75 Å². The topological polar surface area (TPSA) is 66.8 Å². The lowest BCUT2D eigenvalue weighted by Crippen LogP contribution is -2.39. The minimum Gasteiger partial charge on any atom is -0.508 e. The first-order valence-electron chi connectivity index (χ1n) is 6.38. The molecule has 0 aromatic heterocycles. The molecule has 1 amide bonds. The van der Waals surface area contributed by atoms with Gasteiger partial charge in [-0.1, -0.05) is 0 Å². The van der Waals surface area contributed by atoms with Crippen LogP contribution in [0.25, 0.3) is 0 Å². The molecular weight excluding hydrogens is 246 g/mol. The molecule has 1 N–H and O–H groups in total. The highest BCUT2D eigenvalue weighted by molar-refractivity contribution is 5.97. The van der Waals surface area contributed by atoms with Gasteiger partial charge in [0.1, 0.15) is 5.75 Å². The van der Waals surface area contributed by atoms with Gasteiger partial charge in [-0.25, -0.2) is 0 Å². The van der Waals surface area contributed by atoms with Crippen molar-refractivity contribution in [3.63, 3.8) is 0 Å². The van der Waals surface area contributed by atoms with Crippen LogP contribution in [0.1, 0.15) is 29.3 Å². The quantitative estimate of drug-likeness (QED) is 0.832. The third-order valence-corrected chi connectivity index (χ3v) is 3.15. The van der Waals surface area contributed by atoms with E-state index in [9.17, 15) is 14.7 Å². The van der Waals surface area contributed by atoms with E-state index in [4.69, 9.17) is 4.74 Å². The van der Waals surface area contributed by atoms with E-state index in [2.05, 4.69) is 0 Å². The van der Waals surface area contributed by atoms with Crippen molar-refractivity contribution >= 4 is 11.9 Å². The van der Waals surface area contributed by atoms with Gasteiger partial charge in [0.05, 0.1) is 13.0 Å². The van der Waals surface area contributed by atoms with Gasteiger partial charge in [-0.3, -0.25) is 9.59 Å². The van der Waals surface area contributed by atoms with Gasteiger partial charge in [0, 0.05) is 18.7 Å². The summed E-state index contributed by atoms with van der Waals surface area (Å²) in [5.74, 6) is -0.205. The Balaban J connectivity index is 2.01. The fraction of sp³-hybridized carbons (Fsp3) is 0.429. The molecule has 0 radical (unpaired) electrons. The van der Waals surface area contributed by atoms with Crippen LogP contribution in [-0.4, -0.2) is 41.6 Å². The summed E-state index contributed by atoms with van der Waals surface area (Å²) in [6.45, 7) is 3.05. The number of aromatic hydroxyl groups is 1. The summed E-state index contributed by atoms with van der Waals surface area (Å²) in [6, 6.07) is 4.75. The summed E-state index contributed by atoms with van der Waals surface area (Å²) in [5, 5.41) is 9.39. The van der Waals surface area contributed by atoms with Crippen LogP contribution >= 0.6 is 0 Å². The third-order valence-electron chi connectivity index (χ3n) is 3.15. The van der Waals surface area contributed by atoms with Crippen LogP contribution in [0.15, 0.2) is 18.2 Å².